The second kappa shape index (κ2) is 20.3. The Labute approximate surface area is 300 Å². The third-order valence-corrected chi connectivity index (χ3v) is 9.24. The van der Waals surface area contributed by atoms with E-state index in [4.69, 9.17) is 13.9 Å². The molecule has 14 heteroatoms. The quantitative estimate of drug-likeness (QED) is 0.0699. The molecule has 4 amide bonds. The third kappa shape index (κ3) is 12.0. The van der Waals surface area contributed by atoms with Gasteiger partial charge < -0.3 is 40.3 Å². The van der Waals surface area contributed by atoms with Crippen LogP contribution in [0, 0.1) is 12.3 Å². The van der Waals surface area contributed by atoms with Crippen molar-refractivity contribution >= 4 is 30.1 Å². The van der Waals surface area contributed by atoms with Crippen LogP contribution < -0.4 is 26.0 Å². The number of aryl methyl sites for hydroxylation is 1. The Hall–Kier alpha value is -4.62. The first-order valence-corrected chi connectivity index (χ1v) is 18.0. The van der Waals surface area contributed by atoms with Gasteiger partial charge in [-0.05, 0) is 90.3 Å². The van der Waals surface area contributed by atoms with Crippen LogP contribution in [0.5, 0.6) is 11.5 Å². The van der Waals surface area contributed by atoms with Gasteiger partial charge in [0.15, 0.2) is 5.69 Å². The second-order valence-electron chi connectivity index (χ2n) is 13.6. The number of esters is 1. The number of hydrogen-bond donors (Lipinski definition) is 5. The molecule has 0 aliphatic carbocycles. The monoisotopic (exact) mass is 713 g/mol. The van der Waals surface area contributed by atoms with Gasteiger partial charge in [-0.15, -0.1) is 0 Å². The Morgan fingerprint density at radius 3 is 2.59 bits per heavy atom. The van der Waals surface area contributed by atoms with Crippen LogP contribution in [-0.2, 0) is 23.9 Å². The smallest absolute Gasteiger partial charge is 0.328 e. The summed E-state index contributed by atoms with van der Waals surface area (Å²) in [5.41, 5.74) is -1.06. The first kappa shape index (κ1) is 40.8. The largest absolute Gasteiger partial charge is 0.507 e. The summed E-state index contributed by atoms with van der Waals surface area (Å²) in [4.78, 5) is 69.0. The summed E-state index contributed by atoms with van der Waals surface area (Å²) in [7, 11) is 1.48. The van der Waals surface area contributed by atoms with E-state index in [1.807, 2.05) is 0 Å². The summed E-state index contributed by atoms with van der Waals surface area (Å²) < 4.78 is 17.1. The molecule has 5 N–H and O–H groups in total. The number of amides is 4. The number of ether oxygens (including phenoxy) is 2. The number of aromatic hydroxyl groups is 1. The number of nitrogens with zero attached hydrogens (tertiary/aromatic N) is 1. The number of oxazole rings is 1. The Balaban J connectivity index is 1.84. The molecule has 51 heavy (non-hydrogen) atoms. The number of benzene rings is 1. The SMILES string of the molecule is CCCCCCC[C@H](OC(=O)[C@@H](CCCCNC=O)NC(=O)c1nc(-c2cc(OC)ccc2O)oc1C)C(C)(C)C(=O)N[C@H]1CCCCNC1=O. The standard InChI is InChI=1S/C37H55N5O9/c1-6-7-8-9-10-17-30(37(3,4)36(48)41-27-15-12-14-21-39-32(27)45)51-35(47)28(16-11-13-20-38-23-43)40-33(46)31-24(2)50-34(42-31)26-22-25(49-5)18-19-29(26)44/h18-19,22-23,27-28,30,44H,6-17,20-21H2,1-5H3,(H,38,43)(H,39,45)(H,40,46)(H,41,48)/t27-,28+,30-/m0/s1. The fourth-order valence-corrected chi connectivity index (χ4v) is 5.94. The molecule has 0 saturated carbocycles. The van der Waals surface area contributed by atoms with E-state index < -0.39 is 41.4 Å². The summed E-state index contributed by atoms with van der Waals surface area (Å²) >= 11 is 0. The normalized spacial score (nSPS) is 15.9. The number of rotatable bonds is 21. The summed E-state index contributed by atoms with van der Waals surface area (Å²) in [5.74, 6) is -1.56. The molecule has 0 bridgehead atoms. The van der Waals surface area contributed by atoms with Crippen LogP contribution in [0.4, 0.5) is 0 Å². The topological polar surface area (TPSA) is 198 Å². The minimum atomic E-state index is -1.20. The summed E-state index contributed by atoms with van der Waals surface area (Å²) in [5, 5.41) is 21.5. The highest BCUT2D eigenvalue weighted by molar-refractivity contribution is 5.96. The molecular formula is C37H55N5O9. The van der Waals surface area contributed by atoms with Gasteiger partial charge in [0.25, 0.3) is 5.91 Å². The minimum Gasteiger partial charge on any atom is -0.507 e. The lowest BCUT2D eigenvalue weighted by atomic mass is 9.82. The van der Waals surface area contributed by atoms with Crippen LogP contribution in [0.2, 0.25) is 0 Å². The van der Waals surface area contributed by atoms with Crippen molar-refractivity contribution in [2.45, 2.75) is 123 Å². The second-order valence-corrected chi connectivity index (χ2v) is 13.6. The lowest BCUT2D eigenvalue weighted by Gasteiger charge is -2.35. The third-order valence-electron chi connectivity index (χ3n) is 9.24. The van der Waals surface area contributed by atoms with Gasteiger partial charge in [0.1, 0.15) is 35.4 Å². The average Bonchev–Trinajstić information content (AvgIpc) is 3.38. The van der Waals surface area contributed by atoms with Gasteiger partial charge in [-0.3, -0.25) is 19.2 Å². The van der Waals surface area contributed by atoms with Crippen molar-refractivity contribution in [1.82, 2.24) is 26.3 Å². The maximum absolute atomic E-state index is 14.0. The molecule has 2 aromatic rings. The molecule has 1 aliphatic rings. The van der Waals surface area contributed by atoms with E-state index in [1.165, 1.54) is 19.2 Å². The number of phenolic OH excluding ortho intramolecular Hbond substituents is 1. The van der Waals surface area contributed by atoms with Gasteiger partial charge >= 0.3 is 5.97 Å². The van der Waals surface area contributed by atoms with Crippen LogP contribution in [0.25, 0.3) is 11.5 Å². The van der Waals surface area contributed by atoms with Crippen molar-refractivity contribution in [3.8, 4) is 23.0 Å². The first-order chi connectivity index (χ1) is 24.4. The number of hydrogen-bond acceptors (Lipinski definition) is 10. The van der Waals surface area contributed by atoms with E-state index in [-0.39, 0.29) is 41.0 Å². The van der Waals surface area contributed by atoms with E-state index in [0.29, 0.717) is 57.4 Å². The van der Waals surface area contributed by atoms with E-state index in [1.54, 1.807) is 26.8 Å². The minimum absolute atomic E-state index is 0.00800. The van der Waals surface area contributed by atoms with Crippen LogP contribution in [0.1, 0.15) is 114 Å². The van der Waals surface area contributed by atoms with Gasteiger partial charge in [0.2, 0.25) is 24.1 Å². The molecular weight excluding hydrogens is 658 g/mol. The summed E-state index contributed by atoms with van der Waals surface area (Å²) in [6.07, 6.45) is 8.21. The van der Waals surface area contributed by atoms with E-state index in [9.17, 15) is 29.1 Å². The molecule has 1 saturated heterocycles. The van der Waals surface area contributed by atoms with Crippen LogP contribution >= 0.6 is 0 Å². The molecule has 2 heterocycles. The van der Waals surface area contributed by atoms with Gasteiger partial charge in [-0.1, -0.05) is 32.6 Å². The molecule has 3 atom stereocenters. The molecule has 1 fully saturated rings. The molecule has 1 aliphatic heterocycles. The zero-order valence-electron chi connectivity index (χ0n) is 30.6. The van der Waals surface area contributed by atoms with Gasteiger partial charge in [-0.25, -0.2) is 9.78 Å². The molecule has 1 aromatic heterocycles. The first-order valence-electron chi connectivity index (χ1n) is 18.0. The van der Waals surface area contributed by atoms with Crippen LogP contribution in [-0.4, -0.2) is 78.6 Å². The van der Waals surface area contributed by atoms with Crippen molar-refractivity contribution < 1.29 is 43.0 Å². The highest BCUT2D eigenvalue weighted by Gasteiger charge is 2.42. The molecule has 14 nitrogen and oxygen atoms in total. The number of methoxy groups -OCH3 is 1. The maximum atomic E-state index is 14.0. The number of phenols is 1. The van der Waals surface area contributed by atoms with Crippen LogP contribution in [0.3, 0.4) is 0 Å². The number of carbonyl (C=O) groups is 5. The fraction of sp³-hybridized carbons (Fsp3) is 0.622. The van der Waals surface area contributed by atoms with Gasteiger partial charge in [-0.2, -0.15) is 0 Å². The highest BCUT2D eigenvalue weighted by Crippen LogP contribution is 2.33. The fourth-order valence-electron chi connectivity index (χ4n) is 5.94. The highest BCUT2D eigenvalue weighted by atomic mass is 16.5. The molecule has 1 aromatic carbocycles. The molecule has 0 spiro atoms. The van der Waals surface area contributed by atoms with Crippen molar-refractivity contribution in [3.05, 3.63) is 29.7 Å². The van der Waals surface area contributed by atoms with Crippen LogP contribution in [0.15, 0.2) is 22.6 Å². The number of unbranched alkanes of at least 4 members (excludes halogenated alkanes) is 5. The molecule has 282 valence electrons. The Morgan fingerprint density at radius 1 is 1.12 bits per heavy atom. The predicted molar refractivity (Wildman–Crippen MR) is 190 cm³/mol. The summed E-state index contributed by atoms with van der Waals surface area (Å²) in [6.45, 7) is 8.02. The molecule has 0 radical (unpaired) electrons. The zero-order valence-corrected chi connectivity index (χ0v) is 30.6. The lowest BCUT2D eigenvalue weighted by molar-refractivity contribution is -0.162. The van der Waals surface area contributed by atoms with Crippen molar-refractivity contribution in [1.29, 1.82) is 0 Å². The van der Waals surface area contributed by atoms with Crippen molar-refractivity contribution in [3.63, 3.8) is 0 Å². The number of carbonyl (C=O) groups excluding carboxylic acids is 5. The zero-order chi connectivity index (χ0) is 37.4. The maximum Gasteiger partial charge on any atom is 0.328 e. The van der Waals surface area contributed by atoms with Gasteiger partial charge in [0.05, 0.1) is 18.1 Å². The Bertz CT molecular complexity index is 1470. The molecule has 0 unspecified atom stereocenters. The van der Waals surface area contributed by atoms with Crippen molar-refractivity contribution in [2.75, 3.05) is 20.2 Å². The summed E-state index contributed by atoms with van der Waals surface area (Å²) in [6, 6.07) is 2.72. The van der Waals surface area contributed by atoms with E-state index in [0.717, 1.165) is 38.5 Å². The number of nitrogens with one attached hydrogen (secondary N) is 4. The van der Waals surface area contributed by atoms with E-state index in [2.05, 4.69) is 33.2 Å². The molecule has 3 rings (SSSR count). The Morgan fingerprint density at radius 2 is 1.86 bits per heavy atom. The number of aromatic nitrogens is 1. The van der Waals surface area contributed by atoms with E-state index >= 15 is 0 Å². The Kier molecular flexibility index (Phi) is 16.2. The lowest BCUT2D eigenvalue weighted by Crippen LogP contribution is -2.54. The predicted octanol–water partition coefficient (Wildman–Crippen LogP) is 4.46. The van der Waals surface area contributed by atoms with Gasteiger partial charge in [0, 0.05) is 13.1 Å². The average molecular weight is 714 g/mol. The van der Waals surface area contributed by atoms with Crippen molar-refractivity contribution in [2.24, 2.45) is 5.41 Å².